The Bertz CT molecular complexity index is 484. The Morgan fingerprint density at radius 1 is 1.17 bits per heavy atom. The predicted molar refractivity (Wildman–Crippen MR) is 79.7 cm³/mol. The van der Waals surface area contributed by atoms with E-state index in [2.05, 4.69) is 46.8 Å². The first-order chi connectivity index (χ1) is 8.84. The second-order valence-electron chi connectivity index (χ2n) is 4.65. The molecule has 1 saturated heterocycles. The normalized spacial score (nSPS) is 18.9. The van der Waals surface area contributed by atoms with Crippen molar-refractivity contribution in [3.63, 3.8) is 0 Å². The zero-order valence-electron chi connectivity index (χ0n) is 10.6. The monoisotopic (exact) mass is 278 g/mol. The lowest BCUT2D eigenvalue weighted by molar-refractivity contribution is 0.203. The van der Waals surface area contributed by atoms with Gasteiger partial charge in [0.25, 0.3) is 0 Å². The van der Waals surface area contributed by atoms with Gasteiger partial charge in [-0.1, -0.05) is 6.07 Å². The van der Waals surface area contributed by atoms with Crippen molar-refractivity contribution in [3.8, 4) is 0 Å². The Balaban J connectivity index is 1.92. The van der Waals surface area contributed by atoms with Gasteiger partial charge >= 0.3 is 0 Å². The van der Waals surface area contributed by atoms with Gasteiger partial charge in [0.2, 0.25) is 0 Å². The maximum Gasteiger partial charge on any atom is 0.0790 e. The van der Waals surface area contributed by atoms with E-state index in [0.29, 0.717) is 6.04 Å². The average Bonchev–Trinajstić information content (AvgIpc) is 3.04. The molecule has 0 spiro atoms. The lowest BCUT2D eigenvalue weighted by atomic mass is 10.1. The molecule has 0 amide bonds. The zero-order chi connectivity index (χ0) is 12.4. The van der Waals surface area contributed by atoms with Crippen molar-refractivity contribution in [3.05, 3.63) is 44.3 Å². The topological polar surface area (TPSA) is 15.3 Å². The number of piperazine rings is 1. The average molecular weight is 278 g/mol. The van der Waals surface area contributed by atoms with Crippen molar-refractivity contribution >= 4 is 22.7 Å². The minimum absolute atomic E-state index is 0.464. The first kappa shape index (κ1) is 12.4. The van der Waals surface area contributed by atoms with Gasteiger partial charge in [-0.3, -0.25) is 4.90 Å². The Morgan fingerprint density at radius 3 is 2.61 bits per heavy atom. The van der Waals surface area contributed by atoms with Gasteiger partial charge in [-0.15, -0.1) is 22.7 Å². The summed E-state index contributed by atoms with van der Waals surface area (Å²) < 4.78 is 0. The molecule has 0 radical (unpaired) electrons. The number of thiophene rings is 2. The number of aryl methyl sites for hydroxylation is 1. The maximum absolute atomic E-state index is 3.44. The van der Waals surface area contributed by atoms with Crippen molar-refractivity contribution in [2.24, 2.45) is 0 Å². The van der Waals surface area contributed by atoms with E-state index in [1.54, 1.807) is 0 Å². The van der Waals surface area contributed by atoms with Crippen LogP contribution < -0.4 is 5.32 Å². The molecule has 0 aromatic carbocycles. The Hall–Kier alpha value is -0.680. The highest BCUT2D eigenvalue weighted by Crippen LogP contribution is 2.35. The summed E-state index contributed by atoms with van der Waals surface area (Å²) >= 11 is 3.81. The van der Waals surface area contributed by atoms with Gasteiger partial charge in [-0.2, -0.15) is 0 Å². The van der Waals surface area contributed by atoms with Crippen LogP contribution in [-0.2, 0) is 0 Å². The molecule has 2 nitrogen and oxygen atoms in total. The molecule has 0 bridgehead atoms. The minimum Gasteiger partial charge on any atom is -0.314 e. The van der Waals surface area contributed by atoms with E-state index in [9.17, 15) is 0 Å². The van der Waals surface area contributed by atoms with E-state index in [4.69, 9.17) is 0 Å². The number of nitrogens with zero attached hydrogens (tertiary/aromatic N) is 1. The summed E-state index contributed by atoms with van der Waals surface area (Å²) in [7, 11) is 0. The second kappa shape index (κ2) is 5.53. The van der Waals surface area contributed by atoms with Crippen LogP contribution in [0.15, 0.2) is 29.6 Å². The van der Waals surface area contributed by atoms with E-state index >= 15 is 0 Å². The predicted octanol–water partition coefficient (Wildman–Crippen LogP) is 3.11. The molecule has 0 aliphatic carbocycles. The van der Waals surface area contributed by atoms with E-state index in [-0.39, 0.29) is 0 Å². The lowest BCUT2D eigenvalue weighted by Gasteiger charge is -2.34. The largest absolute Gasteiger partial charge is 0.314 e. The summed E-state index contributed by atoms with van der Waals surface area (Å²) in [6.45, 7) is 6.68. The van der Waals surface area contributed by atoms with Crippen molar-refractivity contribution in [1.82, 2.24) is 10.2 Å². The van der Waals surface area contributed by atoms with Crippen LogP contribution in [0.5, 0.6) is 0 Å². The van der Waals surface area contributed by atoms with Gasteiger partial charge < -0.3 is 5.32 Å². The smallest absolute Gasteiger partial charge is 0.0790 e. The molecule has 3 rings (SSSR count). The highest BCUT2D eigenvalue weighted by atomic mass is 32.1. The van der Waals surface area contributed by atoms with E-state index in [1.165, 1.54) is 14.6 Å². The van der Waals surface area contributed by atoms with Crippen LogP contribution in [-0.4, -0.2) is 31.1 Å². The molecule has 1 aliphatic heterocycles. The first-order valence-corrected chi connectivity index (χ1v) is 8.09. The Labute approximate surface area is 116 Å². The molecule has 2 aromatic heterocycles. The van der Waals surface area contributed by atoms with Crippen LogP contribution in [0.4, 0.5) is 0 Å². The molecule has 1 atom stereocenters. The quantitative estimate of drug-likeness (QED) is 0.928. The molecule has 3 heterocycles. The third kappa shape index (κ3) is 2.52. The van der Waals surface area contributed by atoms with E-state index < -0.39 is 0 Å². The summed E-state index contributed by atoms with van der Waals surface area (Å²) in [6, 6.07) is 9.43. The summed E-state index contributed by atoms with van der Waals surface area (Å²) in [6.07, 6.45) is 0. The lowest BCUT2D eigenvalue weighted by Crippen LogP contribution is -2.45. The maximum atomic E-state index is 3.44. The summed E-state index contributed by atoms with van der Waals surface area (Å²) in [5, 5.41) is 5.62. The molecule has 1 N–H and O–H groups in total. The fourth-order valence-electron chi connectivity index (χ4n) is 2.49. The molecule has 0 saturated carbocycles. The van der Waals surface area contributed by atoms with Crippen LogP contribution >= 0.6 is 22.7 Å². The molecule has 96 valence electrons. The van der Waals surface area contributed by atoms with Gasteiger partial charge in [0.1, 0.15) is 0 Å². The van der Waals surface area contributed by atoms with Gasteiger partial charge in [0.05, 0.1) is 6.04 Å². The fourth-order valence-corrected chi connectivity index (χ4v) is 4.47. The van der Waals surface area contributed by atoms with Crippen LogP contribution in [0.3, 0.4) is 0 Å². The van der Waals surface area contributed by atoms with Crippen LogP contribution in [0.2, 0.25) is 0 Å². The third-order valence-corrected chi connectivity index (χ3v) is 5.34. The molecule has 1 aliphatic rings. The minimum atomic E-state index is 0.464. The molecule has 1 fully saturated rings. The molecule has 0 unspecified atom stereocenters. The molecule has 18 heavy (non-hydrogen) atoms. The Morgan fingerprint density at radius 2 is 2.00 bits per heavy atom. The molecular weight excluding hydrogens is 260 g/mol. The van der Waals surface area contributed by atoms with Gasteiger partial charge in [0, 0.05) is 40.8 Å². The Kier molecular flexibility index (Phi) is 3.80. The van der Waals surface area contributed by atoms with Crippen LogP contribution in [0.1, 0.15) is 20.7 Å². The van der Waals surface area contributed by atoms with Crippen LogP contribution in [0, 0.1) is 6.92 Å². The van der Waals surface area contributed by atoms with E-state index in [0.717, 1.165) is 26.2 Å². The summed E-state index contributed by atoms with van der Waals surface area (Å²) in [4.78, 5) is 6.96. The fraction of sp³-hybridized carbons (Fsp3) is 0.429. The SMILES string of the molecule is Cc1ccc([C@@H](c2cccs2)N2CCNCC2)s1. The van der Waals surface area contributed by atoms with Gasteiger partial charge in [-0.25, -0.2) is 0 Å². The van der Waals surface area contributed by atoms with Crippen molar-refractivity contribution < 1.29 is 0 Å². The highest BCUT2D eigenvalue weighted by Gasteiger charge is 2.25. The molecule has 2 aromatic rings. The van der Waals surface area contributed by atoms with Gasteiger partial charge in [-0.05, 0) is 30.5 Å². The van der Waals surface area contributed by atoms with Crippen molar-refractivity contribution in [1.29, 1.82) is 0 Å². The standard InChI is InChI=1S/C14H18N2S2/c1-11-4-5-13(18-11)14(12-3-2-10-17-12)16-8-6-15-7-9-16/h2-5,10,14-15H,6-9H2,1H3/t14-/m1/s1. The van der Waals surface area contributed by atoms with E-state index in [1.807, 2.05) is 22.7 Å². The second-order valence-corrected chi connectivity index (χ2v) is 6.95. The first-order valence-electron chi connectivity index (χ1n) is 6.39. The zero-order valence-corrected chi connectivity index (χ0v) is 12.2. The van der Waals surface area contributed by atoms with Crippen molar-refractivity contribution in [2.45, 2.75) is 13.0 Å². The number of rotatable bonds is 3. The number of hydrogen-bond acceptors (Lipinski definition) is 4. The van der Waals surface area contributed by atoms with Gasteiger partial charge in [0.15, 0.2) is 0 Å². The highest BCUT2D eigenvalue weighted by molar-refractivity contribution is 7.12. The molecule has 4 heteroatoms. The molecular formula is C14H18N2S2. The van der Waals surface area contributed by atoms with Crippen LogP contribution in [0.25, 0.3) is 0 Å². The number of nitrogens with one attached hydrogen (secondary N) is 1. The summed E-state index contributed by atoms with van der Waals surface area (Å²) in [5.41, 5.74) is 0. The summed E-state index contributed by atoms with van der Waals surface area (Å²) in [5.74, 6) is 0. The third-order valence-electron chi connectivity index (χ3n) is 3.36. The number of hydrogen-bond donors (Lipinski definition) is 1. The van der Waals surface area contributed by atoms with Crippen molar-refractivity contribution in [2.75, 3.05) is 26.2 Å².